The van der Waals surface area contributed by atoms with Gasteiger partial charge in [0.15, 0.2) is 0 Å². The second-order valence-corrected chi connectivity index (χ2v) is 7.37. The average molecular weight is 339 g/mol. The van der Waals surface area contributed by atoms with Gasteiger partial charge in [0, 0.05) is 26.1 Å². The number of aryl methyl sites for hydroxylation is 1. The van der Waals surface area contributed by atoms with Crippen LogP contribution in [0.5, 0.6) is 0 Å². The Morgan fingerprint density at radius 3 is 2.22 bits per heavy atom. The van der Waals surface area contributed by atoms with Crippen molar-refractivity contribution in [2.45, 2.75) is 37.6 Å². The molecule has 0 radical (unpaired) electrons. The molecular weight excluding hydrogens is 318 g/mol. The lowest BCUT2D eigenvalue weighted by Gasteiger charge is -2.32. The van der Waals surface area contributed by atoms with Crippen molar-refractivity contribution >= 4 is 22.0 Å². The van der Waals surface area contributed by atoms with Gasteiger partial charge in [-0.05, 0) is 31.9 Å². The second kappa shape index (κ2) is 6.99. The van der Waals surface area contributed by atoms with E-state index < -0.39 is 16.1 Å². The van der Waals surface area contributed by atoms with E-state index in [9.17, 15) is 18.0 Å². The van der Waals surface area contributed by atoms with Gasteiger partial charge in [0.05, 0.1) is 4.90 Å². The first kappa shape index (κ1) is 17.3. The summed E-state index contributed by atoms with van der Waals surface area (Å²) >= 11 is 0. The van der Waals surface area contributed by atoms with Gasteiger partial charge in [-0.3, -0.25) is 4.79 Å². The molecule has 1 aliphatic rings. The van der Waals surface area contributed by atoms with Crippen molar-refractivity contribution in [1.82, 2.24) is 14.9 Å². The maximum atomic E-state index is 12.2. The number of amides is 3. The third-order valence-corrected chi connectivity index (χ3v) is 5.08. The maximum Gasteiger partial charge on any atom is 0.331 e. The van der Waals surface area contributed by atoms with Crippen molar-refractivity contribution in [3.05, 3.63) is 29.8 Å². The molecule has 126 valence electrons. The zero-order valence-electron chi connectivity index (χ0n) is 13.2. The first-order valence-electron chi connectivity index (χ1n) is 7.43. The predicted octanol–water partition coefficient (Wildman–Crippen LogP) is 0.994. The molecule has 1 aromatic carbocycles. The van der Waals surface area contributed by atoms with Gasteiger partial charge < -0.3 is 10.2 Å². The van der Waals surface area contributed by atoms with Crippen LogP contribution >= 0.6 is 0 Å². The fraction of sp³-hybridized carbons (Fsp3) is 0.467. The van der Waals surface area contributed by atoms with E-state index in [2.05, 4.69) is 10.0 Å². The Hall–Kier alpha value is -2.09. The molecule has 0 aliphatic carbocycles. The normalized spacial score (nSPS) is 16.0. The number of benzene rings is 1. The first-order chi connectivity index (χ1) is 10.8. The Bertz CT molecular complexity index is 677. The zero-order chi connectivity index (χ0) is 17.0. The number of hydrogen-bond acceptors (Lipinski definition) is 4. The van der Waals surface area contributed by atoms with Gasteiger partial charge in [0.25, 0.3) is 10.0 Å². The van der Waals surface area contributed by atoms with Crippen LogP contribution in [0, 0.1) is 6.92 Å². The van der Waals surface area contributed by atoms with E-state index in [0.29, 0.717) is 25.9 Å². The van der Waals surface area contributed by atoms with Crippen molar-refractivity contribution in [3.63, 3.8) is 0 Å². The molecule has 1 saturated heterocycles. The molecule has 1 fully saturated rings. The van der Waals surface area contributed by atoms with Crippen LogP contribution in [0.3, 0.4) is 0 Å². The Morgan fingerprint density at radius 1 is 1.13 bits per heavy atom. The monoisotopic (exact) mass is 339 g/mol. The van der Waals surface area contributed by atoms with Crippen LogP contribution in [-0.4, -0.2) is 44.4 Å². The van der Waals surface area contributed by atoms with Crippen LogP contribution < -0.4 is 10.0 Å². The summed E-state index contributed by atoms with van der Waals surface area (Å²) in [5, 5.41) is 2.81. The minimum atomic E-state index is -3.87. The molecule has 0 saturated carbocycles. The standard InChI is InChI=1S/C15H21N3O4S/c1-11-3-5-14(6-4-11)23(21,22)17-15(20)18-9-7-13(8-10-18)16-12(2)19/h3-6,13H,7-10H2,1-2H3,(H,16,19)(H,17,20). The van der Waals surface area contributed by atoms with E-state index in [4.69, 9.17) is 0 Å². The summed E-state index contributed by atoms with van der Waals surface area (Å²) in [6, 6.07) is 5.69. The fourth-order valence-electron chi connectivity index (χ4n) is 2.47. The summed E-state index contributed by atoms with van der Waals surface area (Å²) < 4.78 is 26.5. The highest BCUT2D eigenvalue weighted by atomic mass is 32.2. The van der Waals surface area contributed by atoms with E-state index in [-0.39, 0.29) is 16.8 Å². The largest absolute Gasteiger partial charge is 0.353 e. The molecule has 2 N–H and O–H groups in total. The molecule has 0 bridgehead atoms. The van der Waals surface area contributed by atoms with Gasteiger partial charge >= 0.3 is 6.03 Å². The molecule has 23 heavy (non-hydrogen) atoms. The van der Waals surface area contributed by atoms with E-state index >= 15 is 0 Å². The van der Waals surface area contributed by atoms with Gasteiger partial charge in [-0.2, -0.15) is 0 Å². The summed E-state index contributed by atoms with van der Waals surface area (Å²) in [6.07, 6.45) is 1.22. The Labute approximate surface area is 136 Å². The van der Waals surface area contributed by atoms with Crippen LogP contribution in [0.25, 0.3) is 0 Å². The average Bonchev–Trinajstić information content (AvgIpc) is 2.47. The summed E-state index contributed by atoms with van der Waals surface area (Å²) in [7, 11) is -3.87. The Balaban J connectivity index is 1.94. The lowest BCUT2D eigenvalue weighted by molar-refractivity contribution is -0.119. The number of piperidine rings is 1. The molecule has 0 unspecified atom stereocenters. The predicted molar refractivity (Wildman–Crippen MR) is 85.3 cm³/mol. The van der Waals surface area contributed by atoms with Crippen molar-refractivity contribution < 1.29 is 18.0 Å². The number of sulfonamides is 1. The summed E-state index contributed by atoms with van der Waals surface area (Å²) in [4.78, 5) is 24.7. The second-order valence-electron chi connectivity index (χ2n) is 5.69. The van der Waals surface area contributed by atoms with E-state index in [1.54, 1.807) is 12.1 Å². The van der Waals surface area contributed by atoms with Gasteiger partial charge in [0.1, 0.15) is 0 Å². The van der Waals surface area contributed by atoms with Crippen molar-refractivity contribution in [3.8, 4) is 0 Å². The minimum Gasteiger partial charge on any atom is -0.353 e. The summed E-state index contributed by atoms with van der Waals surface area (Å²) in [6.45, 7) is 4.11. The van der Waals surface area contributed by atoms with Crippen LogP contribution in [-0.2, 0) is 14.8 Å². The highest BCUT2D eigenvalue weighted by Gasteiger charge is 2.26. The van der Waals surface area contributed by atoms with Gasteiger partial charge in [0.2, 0.25) is 5.91 Å². The molecule has 8 heteroatoms. The highest BCUT2D eigenvalue weighted by molar-refractivity contribution is 7.90. The zero-order valence-corrected chi connectivity index (χ0v) is 14.0. The summed E-state index contributed by atoms with van der Waals surface area (Å²) in [5.74, 6) is -0.102. The quantitative estimate of drug-likeness (QED) is 0.858. The van der Waals surface area contributed by atoms with Gasteiger partial charge in [-0.25, -0.2) is 17.9 Å². The minimum absolute atomic E-state index is 0.0326. The van der Waals surface area contributed by atoms with Crippen LogP contribution in [0.1, 0.15) is 25.3 Å². The topological polar surface area (TPSA) is 95.6 Å². The van der Waals surface area contributed by atoms with Crippen LogP contribution in [0.15, 0.2) is 29.2 Å². The molecular formula is C15H21N3O4S. The third kappa shape index (κ3) is 4.69. The fourth-order valence-corrected chi connectivity index (χ4v) is 3.44. The third-order valence-electron chi connectivity index (χ3n) is 3.74. The van der Waals surface area contributed by atoms with E-state index in [1.807, 2.05) is 6.92 Å². The smallest absolute Gasteiger partial charge is 0.331 e. The molecule has 3 amide bonds. The first-order valence-corrected chi connectivity index (χ1v) is 8.92. The van der Waals surface area contributed by atoms with Crippen molar-refractivity contribution in [2.24, 2.45) is 0 Å². The molecule has 0 spiro atoms. The number of carbonyl (C=O) groups excluding carboxylic acids is 2. The number of rotatable bonds is 3. The molecule has 1 aromatic rings. The van der Waals surface area contributed by atoms with Gasteiger partial charge in [-0.1, -0.05) is 17.7 Å². The van der Waals surface area contributed by atoms with Gasteiger partial charge in [-0.15, -0.1) is 0 Å². The summed E-state index contributed by atoms with van der Waals surface area (Å²) in [5.41, 5.74) is 0.940. The number of hydrogen-bond donors (Lipinski definition) is 2. The lowest BCUT2D eigenvalue weighted by Crippen LogP contribution is -2.50. The van der Waals surface area contributed by atoms with Crippen molar-refractivity contribution in [2.75, 3.05) is 13.1 Å². The number of carbonyl (C=O) groups is 2. The molecule has 0 atom stereocenters. The van der Waals surface area contributed by atoms with E-state index in [1.165, 1.54) is 24.0 Å². The number of nitrogens with zero attached hydrogens (tertiary/aromatic N) is 1. The van der Waals surface area contributed by atoms with Crippen molar-refractivity contribution in [1.29, 1.82) is 0 Å². The maximum absolute atomic E-state index is 12.2. The number of likely N-dealkylation sites (tertiary alicyclic amines) is 1. The Kier molecular flexibility index (Phi) is 5.25. The molecule has 0 aromatic heterocycles. The molecule has 2 rings (SSSR count). The highest BCUT2D eigenvalue weighted by Crippen LogP contribution is 2.13. The number of urea groups is 1. The number of nitrogens with one attached hydrogen (secondary N) is 2. The SMILES string of the molecule is CC(=O)NC1CCN(C(=O)NS(=O)(=O)c2ccc(C)cc2)CC1. The van der Waals surface area contributed by atoms with E-state index in [0.717, 1.165) is 5.56 Å². The lowest BCUT2D eigenvalue weighted by atomic mass is 10.1. The molecule has 1 heterocycles. The van der Waals surface area contributed by atoms with Crippen LogP contribution in [0.4, 0.5) is 4.79 Å². The molecule has 1 aliphatic heterocycles. The van der Waals surface area contributed by atoms with Crippen LogP contribution in [0.2, 0.25) is 0 Å². The Morgan fingerprint density at radius 2 is 1.70 bits per heavy atom. The molecule has 7 nitrogen and oxygen atoms in total.